The monoisotopic (exact) mass is 226 g/mol. The van der Waals surface area contributed by atoms with Crippen LogP contribution in [0.4, 0.5) is 8.78 Å². The number of hydrogen-bond donors (Lipinski definition) is 1. The van der Waals surface area contributed by atoms with Crippen molar-refractivity contribution in [3.63, 3.8) is 0 Å². The molecular weight excluding hydrogens is 210 g/mol. The van der Waals surface area contributed by atoms with E-state index < -0.39 is 17.7 Å². The van der Waals surface area contributed by atoms with Gasteiger partial charge < -0.3 is 5.11 Å². The molecular formula is C13H16F2O. The molecule has 1 saturated carbocycles. The molecule has 16 heavy (non-hydrogen) atoms. The van der Waals surface area contributed by atoms with Crippen LogP contribution in [0.5, 0.6) is 0 Å². The van der Waals surface area contributed by atoms with Crippen molar-refractivity contribution >= 4 is 0 Å². The van der Waals surface area contributed by atoms with Gasteiger partial charge in [0.15, 0.2) is 0 Å². The Kier molecular flexibility index (Phi) is 3.24. The van der Waals surface area contributed by atoms with Crippen LogP contribution in [0.2, 0.25) is 0 Å². The first kappa shape index (κ1) is 11.5. The number of hydrogen-bond acceptors (Lipinski definition) is 1. The lowest BCUT2D eigenvalue weighted by Gasteiger charge is -2.27. The summed E-state index contributed by atoms with van der Waals surface area (Å²) in [5.41, 5.74) is 0.634. The van der Waals surface area contributed by atoms with Gasteiger partial charge in [-0.25, -0.2) is 8.78 Å². The minimum atomic E-state index is -0.484. The van der Waals surface area contributed by atoms with Crippen LogP contribution in [0.25, 0.3) is 0 Å². The number of aryl methyl sites for hydroxylation is 1. The Morgan fingerprint density at radius 2 is 2.00 bits per heavy atom. The van der Waals surface area contributed by atoms with Crippen molar-refractivity contribution in [2.45, 2.75) is 44.6 Å². The molecule has 0 aromatic heterocycles. The van der Waals surface area contributed by atoms with E-state index >= 15 is 0 Å². The third-order valence-corrected chi connectivity index (χ3v) is 3.37. The van der Waals surface area contributed by atoms with E-state index in [1.165, 1.54) is 12.1 Å². The van der Waals surface area contributed by atoms with E-state index in [1.54, 1.807) is 6.92 Å². The predicted molar refractivity (Wildman–Crippen MR) is 58.3 cm³/mol. The van der Waals surface area contributed by atoms with Crippen molar-refractivity contribution in [2.75, 3.05) is 0 Å². The zero-order chi connectivity index (χ0) is 11.7. The van der Waals surface area contributed by atoms with E-state index in [-0.39, 0.29) is 11.5 Å². The van der Waals surface area contributed by atoms with E-state index in [2.05, 4.69) is 0 Å². The Hall–Kier alpha value is -0.960. The maximum Gasteiger partial charge on any atom is 0.132 e. The van der Waals surface area contributed by atoms with Crippen LogP contribution in [0, 0.1) is 18.6 Å². The second-order valence-corrected chi connectivity index (χ2v) is 4.61. The fourth-order valence-electron chi connectivity index (χ4n) is 2.48. The molecule has 1 nitrogen and oxygen atoms in total. The Morgan fingerprint density at radius 3 is 2.69 bits per heavy atom. The van der Waals surface area contributed by atoms with E-state index in [0.29, 0.717) is 12.0 Å². The molecule has 0 aliphatic heterocycles. The zero-order valence-corrected chi connectivity index (χ0v) is 9.34. The minimum absolute atomic E-state index is 0.166. The van der Waals surface area contributed by atoms with Crippen molar-refractivity contribution < 1.29 is 13.9 Å². The Balaban J connectivity index is 2.35. The number of halogens is 2. The van der Waals surface area contributed by atoms with Gasteiger partial charge in [-0.3, -0.25) is 0 Å². The highest BCUT2D eigenvalue weighted by molar-refractivity contribution is 5.30. The molecule has 1 N–H and O–H groups in total. The smallest absolute Gasteiger partial charge is 0.132 e. The summed E-state index contributed by atoms with van der Waals surface area (Å²) in [4.78, 5) is 0. The van der Waals surface area contributed by atoms with E-state index in [4.69, 9.17) is 0 Å². The van der Waals surface area contributed by atoms with Gasteiger partial charge in [0.05, 0.1) is 6.10 Å². The summed E-state index contributed by atoms with van der Waals surface area (Å²) in [5, 5.41) is 9.55. The molecule has 3 heteroatoms. The molecule has 2 rings (SSSR count). The van der Waals surface area contributed by atoms with E-state index in [0.717, 1.165) is 19.3 Å². The molecule has 2 atom stereocenters. The fourth-order valence-corrected chi connectivity index (χ4v) is 2.48. The van der Waals surface area contributed by atoms with Crippen molar-refractivity contribution in [1.29, 1.82) is 0 Å². The summed E-state index contributed by atoms with van der Waals surface area (Å²) < 4.78 is 27.5. The van der Waals surface area contributed by atoms with E-state index in [1.807, 2.05) is 0 Å². The normalized spacial score (nSPS) is 25.8. The molecule has 0 saturated heterocycles. The van der Waals surface area contributed by atoms with Gasteiger partial charge in [-0.1, -0.05) is 12.5 Å². The van der Waals surface area contributed by atoms with Crippen LogP contribution in [0.1, 0.15) is 42.7 Å². The molecule has 1 aromatic rings. The first-order valence-corrected chi connectivity index (χ1v) is 5.72. The summed E-state index contributed by atoms with van der Waals surface area (Å²) in [6.07, 6.45) is 2.38. The average molecular weight is 226 g/mol. The molecule has 0 radical (unpaired) electrons. The van der Waals surface area contributed by atoms with Crippen LogP contribution >= 0.6 is 0 Å². The van der Waals surface area contributed by atoms with Crippen molar-refractivity contribution in [2.24, 2.45) is 0 Å². The lowest BCUT2D eigenvalue weighted by molar-refractivity contribution is 0.118. The summed E-state index contributed by atoms with van der Waals surface area (Å²) in [6.45, 7) is 1.64. The second kappa shape index (κ2) is 4.50. The topological polar surface area (TPSA) is 20.2 Å². The molecule has 1 aliphatic rings. The molecule has 0 amide bonds. The Morgan fingerprint density at radius 1 is 1.25 bits per heavy atom. The van der Waals surface area contributed by atoms with E-state index in [9.17, 15) is 13.9 Å². The first-order valence-electron chi connectivity index (χ1n) is 5.72. The van der Waals surface area contributed by atoms with Gasteiger partial charge in [0.1, 0.15) is 11.6 Å². The predicted octanol–water partition coefficient (Wildman–Crippen LogP) is 3.29. The van der Waals surface area contributed by atoms with Crippen molar-refractivity contribution in [3.05, 3.63) is 34.9 Å². The van der Waals surface area contributed by atoms with Gasteiger partial charge in [-0.05, 0) is 43.7 Å². The van der Waals surface area contributed by atoms with Gasteiger partial charge in [-0.15, -0.1) is 0 Å². The van der Waals surface area contributed by atoms with Crippen LogP contribution in [0.15, 0.2) is 12.1 Å². The maximum atomic E-state index is 13.9. The third kappa shape index (κ3) is 2.09. The number of benzene rings is 1. The lowest BCUT2D eigenvalue weighted by Crippen LogP contribution is -2.20. The molecule has 0 heterocycles. The highest BCUT2D eigenvalue weighted by Gasteiger charge is 2.27. The summed E-state index contributed by atoms with van der Waals surface area (Å²) >= 11 is 0. The minimum Gasteiger partial charge on any atom is -0.393 e. The van der Waals surface area contributed by atoms with Crippen molar-refractivity contribution in [3.8, 4) is 0 Å². The maximum absolute atomic E-state index is 13.9. The number of aliphatic hydroxyl groups is 1. The largest absolute Gasteiger partial charge is 0.393 e. The van der Waals surface area contributed by atoms with Crippen LogP contribution in [-0.2, 0) is 0 Å². The summed E-state index contributed by atoms with van der Waals surface area (Å²) in [5.74, 6) is -1.11. The summed E-state index contributed by atoms with van der Waals surface area (Å²) in [7, 11) is 0. The Labute approximate surface area is 94.1 Å². The van der Waals surface area contributed by atoms with Gasteiger partial charge in [0.25, 0.3) is 0 Å². The highest BCUT2D eigenvalue weighted by Crippen LogP contribution is 2.36. The summed E-state index contributed by atoms with van der Waals surface area (Å²) in [6, 6.07) is 2.77. The number of aliphatic hydroxyl groups excluding tert-OH is 1. The molecule has 0 bridgehead atoms. The first-order chi connectivity index (χ1) is 7.59. The van der Waals surface area contributed by atoms with Gasteiger partial charge in [0, 0.05) is 5.56 Å². The SMILES string of the molecule is Cc1ccc(F)c(C2CCCC(O)C2)c1F. The average Bonchev–Trinajstić information content (AvgIpc) is 2.24. The van der Waals surface area contributed by atoms with Gasteiger partial charge in [0.2, 0.25) is 0 Å². The van der Waals surface area contributed by atoms with Crippen LogP contribution < -0.4 is 0 Å². The fraction of sp³-hybridized carbons (Fsp3) is 0.538. The molecule has 1 fully saturated rings. The molecule has 2 unspecified atom stereocenters. The van der Waals surface area contributed by atoms with Gasteiger partial charge in [-0.2, -0.15) is 0 Å². The van der Waals surface area contributed by atoms with Crippen LogP contribution in [0.3, 0.4) is 0 Å². The highest BCUT2D eigenvalue weighted by atomic mass is 19.1. The molecule has 0 spiro atoms. The quantitative estimate of drug-likeness (QED) is 0.779. The Bertz CT molecular complexity index is 390. The molecule has 1 aliphatic carbocycles. The standard InChI is InChI=1S/C13H16F2O/c1-8-5-6-11(14)12(13(8)15)9-3-2-4-10(16)7-9/h5-6,9-10,16H,2-4,7H2,1H3. The molecule has 1 aromatic carbocycles. The third-order valence-electron chi connectivity index (χ3n) is 3.37. The number of rotatable bonds is 1. The van der Waals surface area contributed by atoms with Crippen LogP contribution in [-0.4, -0.2) is 11.2 Å². The lowest BCUT2D eigenvalue weighted by atomic mass is 9.81. The van der Waals surface area contributed by atoms with Gasteiger partial charge >= 0.3 is 0 Å². The second-order valence-electron chi connectivity index (χ2n) is 4.61. The zero-order valence-electron chi connectivity index (χ0n) is 9.34. The van der Waals surface area contributed by atoms with Crippen molar-refractivity contribution in [1.82, 2.24) is 0 Å². The molecule has 88 valence electrons.